The van der Waals surface area contributed by atoms with Crippen molar-refractivity contribution in [2.45, 2.75) is 68.2 Å². The normalized spacial score (nSPS) is 21.1. The van der Waals surface area contributed by atoms with Crippen LogP contribution >= 0.6 is 0 Å². The second-order valence-electron chi connectivity index (χ2n) is 9.73. The van der Waals surface area contributed by atoms with Gasteiger partial charge in [-0.1, -0.05) is 19.1 Å². The molecule has 0 aromatic heterocycles. The number of sulfone groups is 1. The zero-order chi connectivity index (χ0) is 27.1. The number of benzene rings is 2. The molecule has 2 aromatic carbocycles. The van der Waals surface area contributed by atoms with Gasteiger partial charge in [-0.2, -0.15) is 13.2 Å². The summed E-state index contributed by atoms with van der Waals surface area (Å²) in [6, 6.07) is 5.96. The van der Waals surface area contributed by atoms with Crippen molar-refractivity contribution in [3.05, 3.63) is 65.0 Å². The van der Waals surface area contributed by atoms with E-state index in [4.69, 9.17) is 0 Å². The molecule has 2 aromatic rings. The molecule has 0 radical (unpaired) electrons. The van der Waals surface area contributed by atoms with Crippen molar-refractivity contribution in [3.8, 4) is 0 Å². The summed E-state index contributed by atoms with van der Waals surface area (Å²) in [6.07, 6.45) is -0.796. The number of nitrogens with one attached hydrogen (secondary N) is 1. The minimum atomic E-state index is -4.69. The Morgan fingerprint density at radius 3 is 2.35 bits per heavy atom. The number of carbonyl (C=O) groups is 2. The standard InChI is InChI=1S/C26H28F4N2O4S/c1-3-18-10-12-22(32(18)25(34)16-5-4-6-19(13-16)37(2,35)36)24(33)31-23(15-7-8-15)20-11-9-17(14-21(20)27)26(28,29)30/h4-6,9,11,13-15,18,22-23H,3,7-8,10,12H2,1-2H3,(H,31,33)/t18-,22-,23?/m1/s1. The number of nitrogens with zero attached hydrogens (tertiary/aromatic N) is 1. The van der Waals surface area contributed by atoms with Gasteiger partial charge in [0.25, 0.3) is 5.91 Å². The molecule has 2 aliphatic rings. The highest BCUT2D eigenvalue weighted by atomic mass is 32.2. The van der Waals surface area contributed by atoms with Crippen LogP contribution in [0.1, 0.15) is 66.6 Å². The number of amides is 2. The van der Waals surface area contributed by atoms with Crippen LogP contribution in [0.15, 0.2) is 47.4 Å². The Morgan fingerprint density at radius 1 is 1.08 bits per heavy atom. The molecule has 1 N–H and O–H groups in total. The molecule has 1 heterocycles. The first-order chi connectivity index (χ1) is 17.3. The van der Waals surface area contributed by atoms with Gasteiger partial charge >= 0.3 is 6.18 Å². The maximum absolute atomic E-state index is 14.8. The van der Waals surface area contributed by atoms with Crippen LogP contribution in [0.4, 0.5) is 17.6 Å². The quantitative estimate of drug-likeness (QED) is 0.507. The van der Waals surface area contributed by atoms with E-state index in [1.165, 1.54) is 29.2 Å². The fourth-order valence-electron chi connectivity index (χ4n) is 4.94. The molecule has 37 heavy (non-hydrogen) atoms. The van der Waals surface area contributed by atoms with Crippen LogP contribution in [-0.2, 0) is 20.8 Å². The molecular formula is C26H28F4N2O4S. The van der Waals surface area contributed by atoms with Crippen molar-refractivity contribution in [2.75, 3.05) is 6.26 Å². The number of rotatable bonds is 7. The van der Waals surface area contributed by atoms with Crippen molar-refractivity contribution in [2.24, 2.45) is 5.92 Å². The first-order valence-corrected chi connectivity index (χ1v) is 14.0. The molecule has 1 saturated carbocycles. The van der Waals surface area contributed by atoms with Gasteiger partial charge in [0.15, 0.2) is 9.84 Å². The zero-order valence-electron chi connectivity index (χ0n) is 20.4. The summed E-state index contributed by atoms with van der Waals surface area (Å²) in [5.41, 5.74) is -0.995. The van der Waals surface area contributed by atoms with Crippen LogP contribution in [0.3, 0.4) is 0 Å². The number of alkyl halides is 3. The Hall–Kier alpha value is -2.95. The monoisotopic (exact) mass is 540 g/mol. The predicted octanol–water partition coefficient (Wildman–Crippen LogP) is 4.90. The minimum absolute atomic E-state index is 0.0156. The SMILES string of the molecule is CC[C@@H]1CC[C@H](C(=O)NC(c2ccc(C(F)(F)F)cc2F)C2CC2)N1C(=O)c1cccc(S(C)(=O)=O)c1. The lowest BCUT2D eigenvalue weighted by Crippen LogP contribution is -2.49. The molecule has 3 atom stereocenters. The summed E-state index contributed by atoms with van der Waals surface area (Å²) in [6.45, 7) is 1.88. The fraction of sp³-hybridized carbons (Fsp3) is 0.462. The average molecular weight is 541 g/mol. The first kappa shape index (κ1) is 27.1. The summed E-state index contributed by atoms with van der Waals surface area (Å²) in [5.74, 6) is -2.16. The lowest BCUT2D eigenvalue weighted by molar-refractivity contribution is -0.137. The molecule has 200 valence electrons. The molecule has 1 aliphatic carbocycles. The van der Waals surface area contributed by atoms with Crippen LogP contribution < -0.4 is 5.32 Å². The molecule has 11 heteroatoms. The van der Waals surface area contributed by atoms with Crippen LogP contribution in [0.25, 0.3) is 0 Å². The number of carbonyl (C=O) groups excluding carboxylic acids is 2. The maximum atomic E-state index is 14.8. The van der Waals surface area contributed by atoms with E-state index in [1.807, 2.05) is 6.92 Å². The summed E-state index contributed by atoms with van der Waals surface area (Å²) in [7, 11) is -3.55. The third kappa shape index (κ3) is 5.81. The van der Waals surface area contributed by atoms with E-state index in [-0.39, 0.29) is 28.0 Å². The van der Waals surface area contributed by atoms with Crippen molar-refractivity contribution in [1.29, 1.82) is 0 Å². The Morgan fingerprint density at radius 2 is 1.78 bits per heavy atom. The minimum Gasteiger partial charge on any atom is -0.347 e. The van der Waals surface area contributed by atoms with Crippen molar-refractivity contribution < 1.29 is 35.6 Å². The lowest BCUT2D eigenvalue weighted by Gasteiger charge is -2.31. The molecule has 4 rings (SSSR count). The van der Waals surface area contributed by atoms with E-state index < -0.39 is 51.3 Å². The van der Waals surface area contributed by atoms with Gasteiger partial charge in [0.2, 0.25) is 5.91 Å². The van der Waals surface area contributed by atoms with Gasteiger partial charge in [-0.25, -0.2) is 12.8 Å². The first-order valence-electron chi connectivity index (χ1n) is 12.1. The Balaban J connectivity index is 1.60. The van der Waals surface area contributed by atoms with E-state index in [9.17, 15) is 35.6 Å². The summed E-state index contributed by atoms with van der Waals surface area (Å²) < 4.78 is 77.7. The van der Waals surface area contributed by atoms with Gasteiger partial charge in [0, 0.05) is 23.4 Å². The Kier molecular flexibility index (Phi) is 7.38. The van der Waals surface area contributed by atoms with E-state index >= 15 is 0 Å². The molecule has 1 saturated heterocycles. The largest absolute Gasteiger partial charge is 0.416 e. The van der Waals surface area contributed by atoms with E-state index in [0.717, 1.165) is 18.4 Å². The maximum Gasteiger partial charge on any atom is 0.416 e. The van der Waals surface area contributed by atoms with Crippen LogP contribution in [0.5, 0.6) is 0 Å². The van der Waals surface area contributed by atoms with Gasteiger partial charge < -0.3 is 10.2 Å². The average Bonchev–Trinajstić information content (AvgIpc) is 3.58. The third-order valence-electron chi connectivity index (χ3n) is 7.07. The molecule has 1 aliphatic heterocycles. The summed E-state index contributed by atoms with van der Waals surface area (Å²) in [5, 5.41) is 2.80. The molecule has 6 nitrogen and oxygen atoms in total. The van der Waals surface area contributed by atoms with Gasteiger partial charge in [-0.15, -0.1) is 0 Å². The zero-order valence-corrected chi connectivity index (χ0v) is 21.2. The van der Waals surface area contributed by atoms with Crippen molar-refractivity contribution in [1.82, 2.24) is 10.2 Å². The molecule has 0 spiro atoms. The highest BCUT2D eigenvalue weighted by molar-refractivity contribution is 7.90. The van der Waals surface area contributed by atoms with Crippen LogP contribution in [0.2, 0.25) is 0 Å². The van der Waals surface area contributed by atoms with E-state index in [1.54, 1.807) is 0 Å². The topological polar surface area (TPSA) is 83.6 Å². The van der Waals surface area contributed by atoms with E-state index in [2.05, 4.69) is 5.32 Å². The number of likely N-dealkylation sites (tertiary alicyclic amines) is 1. The third-order valence-corrected chi connectivity index (χ3v) is 8.18. The second kappa shape index (κ2) is 10.1. The molecule has 2 amide bonds. The van der Waals surface area contributed by atoms with Crippen LogP contribution in [-0.4, -0.2) is 43.5 Å². The highest BCUT2D eigenvalue weighted by Gasteiger charge is 2.43. The Labute approximate surface area is 213 Å². The number of hydrogen-bond donors (Lipinski definition) is 1. The number of halogens is 4. The summed E-state index contributed by atoms with van der Waals surface area (Å²) >= 11 is 0. The van der Waals surface area contributed by atoms with Gasteiger partial charge in [0.05, 0.1) is 16.5 Å². The molecule has 0 bridgehead atoms. The van der Waals surface area contributed by atoms with Crippen molar-refractivity contribution >= 4 is 21.7 Å². The molecular weight excluding hydrogens is 512 g/mol. The highest BCUT2D eigenvalue weighted by Crippen LogP contribution is 2.43. The van der Waals surface area contributed by atoms with Gasteiger partial charge in [0.1, 0.15) is 11.9 Å². The van der Waals surface area contributed by atoms with Gasteiger partial charge in [-0.3, -0.25) is 9.59 Å². The second-order valence-corrected chi connectivity index (χ2v) is 11.7. The predicted molar refractivity (Wildman–Crippen MR) is 128 cm³/mol. The summed E-state index contributed by atoms with van der Waals surface area (Å²) in [4.78, 5) is 28.3. The Bertz CT molecular complexity index is 1310. The van der Waals surface area contributed by atoms with Gasteiger partial charge in [-0.05, 0) is 68.4 Å². The number of hydrogen-bond acceptors (Lipinski definition) is 4. The lowest BCUT2D eigenvalue weighted by atomic mass is 9.99. The smallest absolute Gasteiger partial charge is 0.347 e. The molecule has 1 unspecified atom stereocenters. The molecule has 2 fully saturated rings. The van der Waals surface area contributed by atoms with Crippen molar-refractivity contribution in [3.63, 3.8) is 0 Å². The fourth-order valence-corrected chi connectivity index (χ4v) is 5.61. The van der Waals surface area contributed by atoms with E-state index in [0.29, 0.717) is 38.2 Å². The van der Waals surface area contributed by atoms with Crippen LogP contribution in [0, 0.1) is 11.7 Å².